The number of hydrogen-bond donors (Lipinski definition) is 0. The molecule has 0 unspecified atom stereocenters. The van der Waals surface area contributed by atoms with Crippen molar-refractivity contribution in [2.75, 3.05) is 0 Å². The molecule has 2 nitrogen and oxygen atoms in total. The first-order valence-corrected chi connectivity index (χ1v) is 13.5. The molecule has 0 bridgehead atoms. The van der Waals surface area contributed by atoms with E-state index in [1.165, 1.54) is 22.3 Å². The highest BCUT2D eigenvalue weighted by Gasteiger charge is 2.33. The zero-order chi connectivity index (χ0) is 27.7. The van der Waals surface area contributed by atoms with Crippen molar-refractivity contribution in [3.8, 4) is 0 Å². The second-order valence-electron chi connectivity index (χ2n) is 12.6. The number of rotatable bonds is 4. The first-order valence-electron chi connectivity index (χ1n) is 13.5. The lowest BCUT2D eigenvalue weighted by molar-refractivity contribution is -0.114. The van der Waals surface area contributed by atoms with Crippen LogP contribution in [-0.4, -0.2) is 10.7 Å². The Labute approximate surface area is 229 Å². The van der Waals surface area contributed by atoms with Crippen LogP contribution in [0.4, 0.5) is 0 Å². The Hall–Kier alpha value is -3.65. The standard InChI is InChI=1S/C36H41NO/c1-25-9-15-29(16-10-25)33(30-17-11-26(2)12-18-30)37-21-19-27(20-22-37)13-14-28-23-31(35(3,4)5)34(38)32(24-28)36(6,7)8/h9-24,33H,1-8H3. The molecule has 0 radical (unpaired) electrons. The van der Waals surface area contributed by atoms with Crippen molar-refractivity contribution >= 4 is 5.78 Å². The highest BCUT2D eigenvalue weighted by atomic mass is 16.1. The van der Waals surface area contributed by atoms with E-state index in [1.807, 2.05) is 0 Å². The largest absolute Gasteiger partial charge is 0.343 e. The van der Waals surface area contributed by atoms with Crippen molar-refractivity contribution < 1.29 is 4.79 Å². The van der Waals surface area contributed by atoms with Crippen LogP contribution in [0.1, 0.15) is 69.8 Å². The van der Waals surface area contributed by atoms with Crippen LogP contribution in [0.25, 0.3) is 0 Å². The third kappa shape index (κ3) is 6.25. The molecule has 38 heavy (non-hydrogen) atoms. The van der Waals surface area contributed by atoms with E-state index in [4.69, 9.17) is 0 Å². The zero-order valence-electron chi connectivity index (χ0n) is 24.2. The highest BCUT2D eigenvalue weighted by Crippen LogP contribution is 2.39. The SMILES string of the molecule is Cc1ccc(C(c2ccc(C)cc2)N2C=CC(=CC=C3C=C(C(C)(C)C)C(=O)C(C(C)(C)C)=C3)C=C2)cc1. The van der Waals surface area contributed by atoms with Gasteiger partial charge in [-0.15, -0.1) is 0 Å². The predicted molar refractivity (Wildman–Crippen MR) is 161 cm³/mol. The van der Waals surface area contributed by atoms with Crippen LogP contribution < -0.4 is 0 Å². The van der Waals surface area contributed by atoms with Crippen LogP contribution in [0.3, 0.4) is 0 Å². The van der Waals surface area contributed by atoms with E-state index < -0.39 is 0 Å². The third-order valence-corrected chi connectivity index (χ3v) is 7.16. The lowest BCUT2D eigenvalue weighted by atomic mass is 9.72. The van der Waals surface area contributed by atoms with Crippen molar-refractivity contribution in [2.24, 2.45) is 10.8 Å². The number of Topliss-reactive ketones (excluding diaryl/α,β-unsaturated/α-hetero) is 1. The molecule has 0 atom stereocenters. The number of benzene rings is 2. The number of carbonyl (C=O) groups excluding carboxylic acids is 1. The molecule has 4 rings (SSSR count). The second-order valence-corrected chi connectivity index (χ2v) is 12.6. The summed E-state index contributed by atoms with van der Waals surface area (Å²) in [5.41, 5.74) is 8.54. The molecule has 2 aromatic carbocycles. The monoisotopic (exact) mass is 503 g/mol. The highest BCUT2D eigenvalue weighted by molar-refractivity contribution is 6.11. The number of allylic oxidation sites excluding steroid dienone is 10. The van der Waals surface area contributed by atoms with Crippen LogP contribution in [0.5, 0.6) is 0 Å². The zero-order valence-corrected chi connectivity index (χ0v) is 24.2. The first kappa shape index (κ1) is 27.4. The number of hydrogen-bond acceptors (Lipinski definition) is 2. The van der Waals surface area contributed by atoms with Crippen molar-refractivity contribution in [1.82, 2.24) is 4.90 Å². The summed E-state index contributed by atoms with van der Waals surface area (Å²) in [7, 11) is 0. The molecule has 0 aromatic heterocycles. The Morgan fingerprint density at radius 2 is 1.03 bits per heavy atom. The fourth-order valence-electron chi connectivity index (χ4n) is 4.82. The minimum atomic E-state index is -0.208. The molecule has 1 aliphatic heterocycles. The fraction of sp³-hybridized carbons (Fsp3) is 0.306. The van der Waals surface area contributed by atoms with Gasteiger partial charge in [0.25, 0.3) is 0 Å². The quantitative estimate of drug-likeness (QED) is 0.415. The molecule has 196 valence electrons. The predicted octanol–water partition coefficient (Wildman–Crippen LogP) is 9.12. The molecule has 0 spiro atoms. The van der Waals surface area contributed by atoms with Crippen LogP contribution in [0.2, 0.25) is 0 Å². The molecule has 0 amide bonds. The van der Waals surface area contributed by atoms with Crippen LogP contribution in [0, 0.1) is 24.7 Å². The number of carbonyl (C=O) groups is 1. The first-order chi connectivity index (χ1) is 17.8. The Bertz CT molecular complexity index is 1280. The van der Waals surface area contributed by atoms with E-state index in [-0.39, 0.29) is 22.7 Å². The molecular formula is C36H41NO. The van der Waals surface area contributed by atoms with E-state index in [0.717, 1.165) is 22.3 Å². The molecule has 0 saturated carbocycles. The van der Waals surface area contributed by atoms with E-state index in [0.29, 0.717) is 0 Å². The second kappa shape index (κ2) is 10.6. The van der Waals surface area contributed by atoms with E-state index in [2.05, 4.69) is 158 Å². The maximum atomic E-state index is 13.2. The van der Waals surface area contributed by atoms with Crippen LogP contribution in [0.15, 0.2) is 120 Å². The molecular weight excluding hydrogens is 462 g/mol. The Kier molecular flexibility index (Phi) is 7.65. The smallest absolute Gasteiger partial charge is 0.186 e. The van der Waals surface area contributed by atoms with E-state index in [1.54, 1.807) is 0 Å². The topological polar surface area (TPSA) is 20.3 Å². The lowest BCUT2D eigenvalue weighted by Crippen LogP contribution is -2.27. The van der Waals surface area contributed by atoms with Crippen LogP contribution in [-0.2, 0) is 4.79 Å². The Morgan fingerprint density at radius 3 is 1.42 bits per heavy atom. The van der Waals surface area contributed by atoms with Gasteiger partial charge in [-0.25, -0.2) is 0 Å². The maximum absolute atomic E-state index is 13.2. The summed E-state index contributed by atoms with van der Waals surface area (Å²) in [6.45, 7) is 16.9. The van der Waals surface area contributed by atoms with Gasteiger partial charge in [0.05, 0.1) is 6.04 Å². The summed E-state index contributed by atoms with van der Waals surface area (Å²) < 4.78 is 0. The molecule has 1 aliphatic carbocycles. The summed E-state index contributed by atoms with van der Waals surface area (Å²) in [5.74, 6) is 0.168. The molecule has 0 saturated heterocycles. The Morgan fingerprint density at radius 1 is 0.632 bits per heavy atom. The van der Waals surface area contributed by atoms with Crippen molar-refractivity contribution in [3.05, 3.63) is 142 Å². The van der Waals surface area contributed by atoms with Gasteiger partial charge in [0.15, 0.2) is 5.78 Å². The van der Waals surface area contributed by atoms with Crippen LogP contribution >= 0.6 is 0 Å². The van der Waals surface area contributed by atoms with Gasteiger partial charge in [-0.1, -0.05) is 113 Å². The molecule has 0 N–H and O–H groups in total. The van der Waals surface area contributed by atoms with Crippen molar-refractivity contribution in [3.63, 3.8) is 0 Å². The van der Waals surface area contributed by atoms with Gasteiger partial charge in [0.1, 0.15) is 0 Å². The lowest BCUT2D eigenvalue weighted by Gasteiger charge is -2.31. The average Bonchev–Trinajstić information content (AvgIpc) is 2.85. The van der Waals surface area contributed by atoms with Crippen molar-refractivity contribution in [1.29, 1.82) is 0 Å². The summed E-state index contributed by atoms with van der Waals surface area (Å²) >= 11 is 0. The summed E-state index contributed by atoms with van der Waals surface area (Å²) in [5, 5.41) is 0. The molecule has 2 aromatic rings. The fourth-order valence-corrected chi connectivity index (χ4v) is 4.82. The summed E-state index contributed by atoms with van der Waals surface area (Å²) in [6, 6.07) is 17.7. The molecule has 0 fully saturated rings. The molecule has 2 heteroatoms. The summed E-state index contributed by atoms with van der Waals surface area (Å²) in [4.78, 5) is 15.5. The van der Waals surface area contributed by atoms with Gasteiger partial charge in [0, 0.05) is 23.5 Å². The minimum Gasteiger partial charge on any atom is -0.343 e. The maximum Gasteiger partial charge on any atom is 0.186 e. The third-order valence-electron chi connectivity index (χ3n) is 7.16. The van der Waals surface area contributed by atoms with Gasteiger partial charge in [-0.05, 0) is 71.3 Å². The van der Waals surface area contributed by atoms with Gasteiger partial charge in [0.2, 0.25) is 0 Å². The van der Waals surface area contributed by atoms with Crippen molar-refractivity contribution in [2.45, 2.75) is 61.4 Å². The van der Waals surface area contributed by atoms with Gasteiger partial charge < -0.3 is 4.90 Å². The van der Waals surface area contributed by atoms with Gasteiger partial charge >= 0.3 is 0 Å². The number of aryl methyl sites for hydroxylation is 2. The van der Waals surface area contributed by atoms with E-state index in [9.17, 15) is 4.79 Å². The normalized spacial score (nSPS) is 16.1. The van der Waals surface area contributed by atoms with Gasteiger partial charge in [-0.3, -0.25) is 4.79 Å². The van der Waals surface area contributed by atoms with Gasteiger partial charge in [-0.2, -0.15) is 0 Å². The Balaban J connectivity index is 1.64. The van der Waals surface area contributed by atoms with E-state index >= 15 is 0 Å². The molecule has 2 aliphatic rings. The number of nitrogens with zero attached hydrogens (tertiary/aromatic N) is 1. The minimum absolute atomic E-state index is 0.0996. The number of ketones is 1. The summed E-state index contributed by atoms with van der Waals surface area (Å²) in [6.07, 6.45) is 17.0. The average molecular weight is 504 g/mol. The molecule has 1 heterocycles.